The molecule has 1 heterocycles. The maximum Gasteiger partial charge on any atom is 0.325 e. The quantitative estimate of drug-likeness (QED) is 0.809. The van der Waals surface area contributed by atoms with Crippen molar-refractivity contribution in [2.75, 3.05) is 13.6 Å². The zero-order chi connectivity index (χ0) is 16.4. The van der Waals surface area contributed by atoms with Crippen LogP contribution in [0.15, 0.2) is 0 Å². The second-order valence-electron chi connectivity index (χ2n) is 7.26. The van der Waals surface area contributed by atoms with Crippen LogP contribution in [0.1, 0.15) is 64.2 Å². The minimum absolute atomic E-state index is 0.126. The Kier molecular flexibility index (Phi) is 4.60. The Hall–Kier alpha value is -1.59. The minimum Gasteiger partial charge on any atom is -0.341 e. The predicted molar refractivity (Wildman–Crippen MR) is 85.7 cm³/mol. The number of nitrogens with zero attached hydrogens (tertiary/aromatic N) is 2. The van der Waals surface area contributed by atoms with Crippen LogP contribution in [0.4, 0.5) is 4.79 Å². The molecule has 0 atom stereocenters. The fraction of sp³-hybridized carbons (Fsp3) is 0.824. The van der Waals surface area contributed by atoms with Crippen LogP contribution in [-0.2, 0) is 9.59 Å². The van der Waals surface area contributed by atoms with Crippen molar-refractivity contribution in [1.29, 1.82) is 0 Å². The molecule has 23 heavy (non-hydrogen) atoms. The number of carbonyl (C=O) groups is 3. The first kappa shape index (κ1) is 16.3. The van der Waals surface area contributed by atoms with Crippen LogP contribution in [0.25, 0.3) is 0 Å². The van der Waals surface area contributed by atoms with E-state index >= 15 is 0 Å². The van der Waals surface area contributed by atoms with Crippen molar-refractivity contribution in [2.24, 2.45) is 0 Å². The highest BCUT2D eigenvalue weighted by atomic mass is 16.2. The van der Waals surface area contributed by atoms with Gasteiger partial charge in [-0.1, -0.05) is 38.5 Å². The molecule has 2 aliphatic carbocycles. The summed E-state index contributed by atoms with van der Waals surface area (Å²) in [5.41, 5.74) is -0.737. The first-order valence-corrected chi connectivity index (χ1v) is 8.93. The molecule has 1 spiro atoms. The lowest BCUT2D eigenvalue weighted by atomic mass is 9.82. The van der Waals surface area contributed by atoms with E-state index in [1.807, 2.05) is 0 Å². The molecule has 0 radical (unpaired) electrons. The van der Waals surface area contributed by atoms with Crippen LogP contribution >= 0.6 is 0 Å². The van der Waals surface area contributed by atoms with Gasteiger partial charge in [-0.2, -0.15) is 0 Å². The Balaban J connectivity index is 1.63. The lowest BCUT2D eigenvalue weighted by Gasteiger charge is -2.32. The van der Waals surface area contributed by atoms with E-state index in [-0.39, 0.29) is 24.4 Å². The monoisotopic (exact) mass is 321 g/mol. The Labute approximate surface area is 137 Å². The normalized spacial score (nSPS) is 24.8. The smallest absolute Gasteiger partial charge is 0.325 e. The maximum absolute atomic E-state index is 12.7. The highest BCUT2D eigenvalue weighted by Crippen LogP contribution is 2.33. The number of likely N-dealkylation sites (N-methyl/N-ethyl adjacent to an activating group) is 1. The molecular formula is C17H27N3O3. The predicted octanol–water partition coefficient (Wildman–Crippen LogP) is 2.03. The van der Waals surface area contributed by atoms with E-state index in [2.05, 4.69) is 5.32 Å². The van der Waals surface area contributed by atoms with Crippen molar-refractivity contribution in [3.63, 3.8) is 0 Å². The number of urea groups is 1. The van der Waals surface area contributed by atoms with Gasteiger partial charge in [0.1, 0.15) is 12.1 Å². The molecule has 0 bridgehead atoms. The molecule has 0 aromatic heterocycles. The van der Waals surface area contributed by atoms with Gasteiger partial charge >= 0.3 is 6.03 Å². The minimum atomic E-state index is -0.737. The second-order valence-corrected chi connectivity index (χ2v) is 7.26. The third kappa shape index (κ3) is 3.08. The van der Waals surface area contributed by atoms with Gasteiger partial charge in [-0.25, -0.2) is 4.79 Å². The third-order valence-corrected chi connectivity index (χ3v) is 5.76. The molecule has 0 aromatic carbocycles. The van der Waals surface area contributed by atoms with E-state index in [1.54, 1.807) is 11.9 Å². The van der Waals surface area contributed by atoms with Crippen LogP contribution in [-0.4, -0.2) is 52.8 Å². The molecule has 3 rings (SSSR count). The first-order chi connectivity index (χ1) is 11.0. The lowest BCUT2D eigenvalue weighted by molar-refractivity contribution is -0.140. The first-order valence-electron chi connectivity index (χ1n) is 8.93. The van der Waals surface area contributed by atoms with E-state index in [0.29, 0.717) is 12.8 Å². The van der Waals surface area contributed by atoms with Gasteiger partial charge in [-0.3, -0.25) is 14.5 Å². The van der Waals surface area contributed by atoms with Gasteiger partial charge in [-0.15, -0.1) is 0 Å². The number of imide groups is 1. The molecule has 1 aliphatic heterocycles. The second kappa shape index (κ2) is 6.49. The average molecular weight is 321 g/mol. The number of rotatable bonds is 3. The van der Waals surface area contributed by atoms with Gasteiger partial charge in [0.15, 0.2) is 0 Å². The largest absolute Gasteiger partial charge is 0.341 e. The van der Waals surface area contributed by atoms with E-state index in [4.69, 9.17) is 0 Å². The van der Waals surface area contributed by atoms with Crippen molar-refractivity contribution in [3.8, 4) is 0 Å². The zero-order valence-corrected chi connectivity index (χ0v) is 14.0. The van der Waals surface area contributed by atoms with E-state index in [1.165, 1.54) is 6.42 Å². The molecule has 2 saturated carbocycles. The number of nitrogens with one attached hydrogen (secondary N) is 1. The van der Waals surface area contributed by atoms with Gasteiger partial charge in [0.2, 0.25) is 5.91 Å². The maximum atomic E-state index is 12.7. The molecule has 0 aromatic rings. The fourth-order valence-corrected chi connectivity index (χ4v) is 4.23. The molecule has 3 fully saturated rings. The van der Waals surface area contributed by atoms with Gasteiger partial charge < -0.3 is 10.2 Å². The van der Waals surface area contributed by atoms with E-state index < -0.39 is 11.6 Å². The molecule has 6 nitrogen and oxygen atoms in total. The van der Waals surface area contributed by atoms with Crippen molar-refractivity contribution in [2.45, 2.75) is 75.8 Å². The van der Waals surface area contributed by atoms with Crippen LogP contribution in [0.5, 0.6) is 0 Å². The summed E-state index contributed by atoms with van der Waals surface area (Å²) in [5, 5.41) is 2.86. The van der Waals surface area contributed by atoms with Crippen molar-refractivity contribution in [1.82, 2.24) is 15.1 Å². The molecule has 1 N–H and O–H groups in total. The van der Waals surface area contributed by atoms with Gasteiger partial charge in [0.05, 0.1) is 0 Å². The van der Waals surface area contributed by atoms with Gasteiger partial charge in [0.25, 0.3) is 5.91 Å². The van der Waals surface area contributed by atoms with Crippen LogP contribution in [0, 0.1) is 0 Å². The Bertz CT molecular complexity index is 493. The SMILES string of the molecule is CN(C(=O)CN1C(=O)NC2(CCCCC2)C1=O)C1CCCCC1. The molecule has 6 heteroatoms. The van der Waals surface area contributed by atoms with E-state index in [0.717, 1.165) is 49.8 Å². The van der Waals surface area contributed by atoms with Crippen LogP contribution in [0.2, 0.25) is 0 Å². The summed E-state index contributed by atoms with van der Waals surface area (Å²) in [6.07, 6.45) is 9.97. The number of hydrogen-bond acceptors (Lipinski definition) is 3. The summed E-state index contributed by atoms with van der Waals surface area (Å²) in [6, 6.07) is -0.150. The molecule has 0 unspecified atom stereocenters. The molecule has 128 valence electrons. The number of amides is 4. The van der Waals surface area contributed by atoms with Crippen LogP contribution in [0.3, 0.4) is 0 Å². The highest BCUT2D eigenvalue weighted by molar-refractivity contribution is 6.09. The summed E-state index contributed by atoms with van der Waals surface area (Å²) in [5.74, 6) is -0.333. The van der Waals surface area contributed by atoms with Crippen molar-refractivity contribution < 1.29 is 14.4 Å². The zero-order valence-electron chi connectivity index (χ0n) is 14.0. The average Bonchev–Trinajstić information content (AvgIpc) is 2.80. The summed E-state index contributed by atoms with van der Waals surface area (Å²) in [7, 11) is 1.80. The Morgan fingerprint density at radius 3 is 2.39 bits per heavy atom. The molecule has 4 amide bonds. The summed E-state index contributed by atoms with van der Waals surface area (Å²) >= 11 is 0. The van der Waals surface area contributed by atoms with Gasteiger partial charge in [0, 0.05) is 13.1 Å². The summed E-state index contributed by atoms with van der Waals surface area (Å²) in [6.45, 7) is -0.126. The Morgan fingerprint density at radius 2 is 1.74 bits per heavy atom. The van der Waals surface area contributed by atoms with Crippen molar-refractivity contribution in [3.05, 3.63) is 0 Å². The third-order valence-electron chi connectivity index (χ3n) is 5.76. The van der Waals surface area contributed by atoms with Crippen molar-refractivity contribution >= 4 is 17.8 Å². The van der Waals surface area contributed by atoms with Gasteiger partial charge in [-0.05, 0) is 25.7 Å². The summed E-state index contributed by atoms with van der Waals surface area (Å²) < 4.78 is 0. The molecule has 3 aliphatic rings. The molecular weight excluding hydrogens is 294 g/mol. The number of carbonyl (C=O) groups excluding carboxylic acids is 3. The summed E-state index contributed by atoms with van der Waals surface area (Å²) in [4.78, 5) is 40.3. The lowest BCUT2D eigenvalue weighted by Crippen LogP contribution is -2.49. The highest BCUT2D eigenvalue weighted by Gasteiger charge is 2.51. The van der Waals surface area contributed by atoms with E-state index in [9.17, 15) is 14.4 Å². The Morgan fingerprint density at radius 1 is 1.13 bits per heavy atom. The fourth-order valence-electron chi connectivity index (χ4n) is 4.23. The van der Waals surface area contributed by atoms with Crippen LogP contribution < -0.4 is 5.32 Å². The number of hydrogen-bond donors (Lipinski definition) is 1. The molecule has 1 saturated heterocycles. The topological polar surface area (TPSA) is 69.7 Å². The standard InChI is InChI=1S/C17H27N3O3/c1-19(13-8-4-2-5-9-13)14(21)12-20-15(22)17(18-16(20)23)10-6-3-7-11-17/h13H,2-12H2,1H3,(H,18,23).